The summed E-state index contributed by atoms with van der Waals surface area (Å²) in [6.45, 7) is 5.42. The van der Waals surface area contributed by atoms with Gasteiger partial charge in [0.25, 0.3) is 0 Å². The van der Waals surface area contributed by atoms with Gasteiger partial charge in [-0.3, -0.25) is 9.69 Å². The zero-order valence-electron chi connectivity index (χ0n) is 10.6. The van der Waals surface area contributed by atoms with Crippen molar-refractivity contribution in [2.45, 2.75) is 58.4 Å². The van der Waals surface area contributed by atoms with E-state index in [9.17, 15) is 4.79 Å². The molecular weight excluding hydrogens is 202 g/mol. The number of carbonyl (C=O) groups is 1. The first-order valence-corrected chi connectivity index (χ1v) is 6.61. The maximum Gasteiger partial charge on any atom is 0.317 e. The lowest BCUT2D eigenvalue weighted by molar-refractivity contribution is -0.139. The largest absolute Gasteiger partial charge is 0.480 e. The van der Waals surface area contributed by atoms with Crippen molar-refractivity contribution >= 4 is 5.97 Å². The Balaban J connectivity index is 2.50. The van der Waals surface area contributed by atoms with Crippen LogP contribution in [-0.4, -0.2) is 35.1 Å². The van der Waals surface area contributed by atoms with Crippen LogP contribution in [0.3, 0.4) is 0 Å². The molecule has 3 nitrogen and oxygen atoms in total. The monoisotopic (exact) mass is 227 g/mol. The minimum Gasteiger partial charge on any atom is -0.480 e. The number of carboxylic acids is 1. The predicted octanol–water partition coefficient (Wildman–Crippen LogP) is 2.75. The third-order valence-electron chi connectivity index (χ3n) is 3.76. The van der Waals surface area contributed by atoms with E-state index in [2.05, 4.69) is 18.7 Å². The van der Waals surface area contributed by atoms with Crippen LogP contribution >= 0.6 is 0 Å². The molecule has 0 spiro atoms. The number of hydrogen-bond acceptors (Lipinski definition) is 2. The topological polar surface area (TPSA) is 40.5 Å². The molecule has 94 valence electrons. The molecule has 1 aliphatic rings. The first kappa shape index (κ1) is 13.5. The van der Waals surface area contributed by atoms with Crippen LogP contribution in [-0.2, 0) is 4.79 Å². The highest BCUT2D eigenvalue weighted by atomic mass is 16.4. The number of aliphatic carboxylic acids is 1. The lowest BCUT2D eigenvalue weighted by Gasteiger charge is -2.35. The SMILES string of the molecule is CCCN(CC(=O)O)C(C)C1CCCCC1. The maximum absolute atomic E-state index is 10.8. The summed E-state index contributed by atoms with van der Waals surface area (Å²) in [5, 5.41) is 8.92. The molecule has 1 atom stereocenters. The van der Waals surface area contributed by atoms with Gasteiger partial charge >= 0.3 is 5.97 Å². The highest BCUT2D eigenvalue weighted by Crippen LogP contribution is 2.28. The molecule has 0 aromatic rings. The van der Waals surface area contributed by atoms with Gasteiger partial charge in [0.2, 0.25) is 0 Å². The van der Waals surface area contributed by atoms with Crippen molar-refractivity contribution < 1.29 is 9.90 Å². The van der Waals surface area contributed by atoms with Crippen LogP contribution in [0.4, 0.5) is 0 Å². The van der Waals surface area contributed by atoms with E-state index in [4.69, 9.17) is 5.11 Å². The normalized spacial score (nSPS) is 19.9. The minimum absolute atomic E-state index is 0.200. The van der Waals surface area contributed by atoms with Crippen molar-refractivity contribution in [2.24, 2.45) is 5.92 Å². The smallest absolute Gasteiger partial charge is 0.317 e. The molecule has 1 unspecified atom stereocenters. The first-order chi connectivity index (χ1) is 7.65. The highest BCUT2D eigenvalue weighted by Gasteiger charge is 2.25. The van der Waals surface area contributed by atoms with Gasteiger partial charge in [0.1, 0.15) is 0 Å². The summed E-state index contributed by atoms with van der Waals surface area (Å²) in [5.41, 5.74) is 0. The molecule has 16 heavy (non-hydrogen) atoms. The van der Waals surface area contributed by atoms with E-state index < -0.39 is 5.97 Å². The fourth-order valence-electron chi connectivity index (χ4n) is 2.80. The average Bonchev–Trinajstić information content (AvgIpc) is 2.28. The first-order valence-electron chi connectivity index (χ1n) is 6.61. The van der Waals surface area contributed by atoms with Gasteiger partial charge in [-0.25, -0.2) is 0 Å². The summed E-state index contributed by atoms with van der Waals surface area (Å²) >= 11 is 0. The van der Waals surface area contributed by atoms with E-state index in [0.717, 1.165) is 13.0 Å². The Morgan fingerprint density at radius 3 is 2.50 bits per heavy atom. The molecule has 1 aliphatic carbocycles. The Morgan fingerprint density at radius 2 is 2.00 bits per heavy atom. The van der Waals surface area contributed by atoms with Gasteiger partial charge in [0.05, 0.1) is 6.54 Å². The second kappa shape index (κ2) is 6.89. The molecule has 1 rings (SSSR count). The van der Waals surface area contributed by atoms with Crippen molar-refractivity contribution in [1.29, 1.82) is 0 Å². The highest BCUT2D eigenvalue weighted by molar-refractivity contribution is 5.69. The third-order valence-corrected chi connectivity index (χ3v) is 3.76. The van der Waals surface area contributed by atoms with Gasteiger partial charge in [0.15, 0.2) is 0 Å². The Bertz CT molecular complexity index is 212. The Hall–Kier alpha value is -0.570. The van der Waals surface area contributed by atoms with Crippen molar-refractivity contribution in [3.05, 3.63) is 0 Å². The molecule has 0 aliphatic heterocycles. The summed E-state index contributed by atoms with van der Waals surface area (Å²) in [4.78, 5) is 13.0. The minimum atomic E-state index is -0.698. The van der Waals surface area contributed by atoms with E-state index in [1.165, 1.54) is 32.1 Å². The zero-order valence-corrected chi connectivity index (χ0v) is 10.6. The number of nitrogens with zero attached hydrogens (tertiary/aromatic N) is 1. The second-order valence-corrected chi connectivity index (χ2v) is 5.00. The summed E-state index contributed by atoms with van der Waals surface area (Å²) in [6, 6.07) is 0.427. The lowest BCUT2D eigenvalue weighted by atomic mass is 9.84. The van der Waals surface area contributed by atoms with Crippen LogP contribution in [0.2, 0.25) is 0 Å². The standard InChI is InChI=1S/C13H25NO2/c1-3-9-14(10-13(15)16)11(2)12-7-5-4-6-8-12/h11-12H,3-10H2,1-2H3,(H,15,16). The third kappa shape index (κ3) is 4.12. The van der Waals surface area contributed by atoms with Gasteiger partial charge in [-0.1, -0.05) is 26.2 Å². The molecule has 1 saturated carbocycles. The lowest BCUT2D eigenvalue weighted by Crippen LogP contribution is -2.42. The summed E-state index contributed by atoms with van der Waals surface area (Å²) in [7, 11) is 0. The van der Waals surface area contributed by atoms with Crippen molar-refractivity contribution in [2.75, 3.05) is 13.1 Å². The summed E-state index contributed by atoms with van der Waals surface area (Å²) in [6.07, 6.45) is 7.59. The Kier molecular flexibility index (Phi) is 5.81. The summed E-state index contributed by atoms with van der Waals surface area (Å²) in [5.74, 6) is 0.00996. The number of rotatable bonds is 6. The Morgan fingerprint density at radius 1 is 1.38 bits per heavy atom. The second-order valence-electron chi connectivity index (χ2n) is 5.00. The molecule has 0 heterocycles. The van der Waals surface area contributed by atoms with Crippen LogP contribution in [0, 0.1) is 5.92 Å². The summed E-state index contributed by atoms with van der Waals surface area (Å²) < 4.78 is 0. The van der Waals surface area contributed by atoms with Crippen molar-refractivity contribution in [3.8, 4) is 0 Å². The molecule has 0 amide bonds. The van der Waals surface area contributed by atoms with Crippen LogP contribution < -0.4 is 0 Å². The van der Waals surface area contributed by atoms with Gasteiger partial charge < -0.3 is 5.11 Å². The Labute approximate surface area is 98.8 Å². The van der Waals surface area contributed by atoms with E-state index in [-0.39, 0.29) is 6.54 Å². The fourth-order valence-corrected chi connectivity index (χ4v) is 2.80. The zero-order chi connectivity index (χ0) is 12.0. The number of carboxylic acid groups (broad SMARTS) is 1. The van der Waals surface area contributed by atoms with E-state index >= 15 is 0 Å². The van der Waals surface area contributed by atoms with Crippen LogP contribution in [0.25, 0.3) is 0 Å². The fraction of sp³-hybridized carbons (Fsp3) is 0.923. The molecule has 0 bridgehead atoms. The molecule has 1 N–H and O–H groups in total. The quantitative estimate of drug-likeness (QED) is 0.758. The molecule has 0 radical (unpaired) electrons. The molecule has 0 aromatic carbocycles. The van der Waals surface area contributed by atoms with Gasteiger partial charge in [-0.2, -0.15) is 0 Å². The van der Waals surface area contributed by atoms with Gasteiger partial charge in [-0.05, 0) is 38.6 Å². The van der Waals surface area contributed by atoms with Crippen LogP contribution in [0.1, 0.15) is 52.4 Å². The molecule has 0 aromatic heterocycles. The average molecular weight is 227 g/mol. The molecule has 0 saturated heterocycles. The maximum atomic E-state index is 10.8. The van der Waals surface area contributed by atoms with E-state index in [0.29, 0.717) is 12.0 Å². The van der Waals surface area contributed by atoms with Crippen molar-refractivity contribution in [1.82, 2.24) is 4.90 Å². The molecule has 3 heteroatoms. The molecular formula is C13H25NO2. The molecule has 1 fully saturated rings. The predicted molar refractivity (Wildman–Crippen MR) is 65.5 cm³/mol. The van der Waals surface area contributed by atoms with Crippen LogP contribution in [0.15, 0.2) is 0 Å². The van der Waals surface area contributed by atoms with Gasteiger partial charge in [0, 0.05) is 6.04 Å². The van der Waals surface area contributed by atoms with E-state index in [1.54, 1.807) is 0 Å². The van der Waals surface area contributed by atoms with Crippen LogP contribution in [0.5, 0.6) is 0 Å². The van der Waals surface area contributed by atoms with Crippen molar-refractivity contribution in [3.63, 3.8) is 0 Å². The number of hydrogen-bond donors (Lipinski definition) is 1. The van der Waals surface area contributed by atoms with Gasteiger partial charge in [-0.15, -0.1) is 0 Å². The van der Waals surface area contributed by atoms with E-state index in [1.807, 2.05) is 0 Å².